The van der Waals surface area contributed by atoms with E-state index in [0.717, 1.165) is 13.1 Å². The molecule has 1 rings (SSSR count). The number of hydrogen-bond acceptors (Lipinski definition) is 2. The molecule has 0 aliphatic carbocycles. The lowest BCUT2D eigenvalue weighted by atomic mass is 10.3. The highest BCUT2D eigenvalue weighted by Gasteiger charge is 1.98. The van der Waals surface area contributed by atoms with Crippen molar-refractivity contribution in [1.82, 2.24) is 4.90 Å². The van der Waals surface area contributed by atoms with Crippen molar-refractivity contribution < 1.29 is 0 Å². The average molecular weight is 190 g/mol. The van der Waals surface area contributed by atoms with Crippen LogP contribution in [0, 0.1) is 0 Å². The molecule has 0 amide bonds. The zero-order chi connectivity index (χ0) is 8.10. The summed E-state index contributed by atoms with van der Waals surface area (Å²) in [6.45, 7) is 1.97. The number of nitrogens with zero attached hydrogens (tertiary/aromatic N) is 1. The molecule has 0 atom stereocenters. The minimum Gasteiger partial charge on any atom is -0.301 e. The van der Waals surface area contributed by atoms with Crippen LogP contribution in [0.25, 0.3) is 0 Å². The Morgan fingerprint density at radius 3 is 3.00 bits per heavy atom. The normalized spacial score (nSPS) is 10.8. The maximum Gasteiger partial charge on any atom is 0.0351 e. The molecule has 0 bridgehead atoms. The fourth-order valence-corrected chi connectivity index (χ4v) is 1.87. The van der Waals surface area contributed by atoms with Crippen LogP contribution in [-0.2, 0) is 6.54 Å². The van der Waals surface area contributed by atoms with E-state index in [4.69, 9.17) is 11.6 Å². The van der Waals surface area contributed by atoms with E-state index in [1.54, 1.807) is 11.3 Å². The summed E-state index contributed by atoms with van der Waals surface area (Å²) in [6.07, 6.45) is 0. The standard InChI is InChI=1S/C8H12ClNS/c1-10(4-3-9)6-8-2-5-11-7-8/h2,5,7H,3-4,6H2,1H3. The molecule has 0 aliphatic heterocycles. The third-order valence-corrected chi connectivity index (χ3v) is 2.40. The van der Waals surface area contributed by atoms with E-state index in [1.807, 2.05) is 0 Å². The van der Waals surface area contributed by atoms with Gasteiger partial charge in [0.25, 0.3) is 0 Å². The highest BCUT2D eigenvalue weighted by Crippen LogP contribution is 2.07. The van der Waals surface area contributed by atoms with E-state index < -0.39 is 0 Å². The van der Waals surface area contributed by atoms with E-state index in [1.165, 1.54) is 5.56 Å². The van der Waals surface area contributed by atoms with Gasteiger partial charge in [-0.25, -0.2) is 0 Å². The topological polar surface area (TPSA) is 3.24 Å². The van der Waals surface area contributed by atoms with Gasteiger partial charge in [-0.3, -0.25) is 0 Å². The summed E-state index contributed by atoms with van der Waals surface area (Å²) in [4.78, 5) is 2.22. The summed E-state index contributed by atoms with van der Waals surface area (Å²) >= 11 is 7.34. The van der Waals surface area contributed by atoms with Crippen LogP contribution in [0.2, 0.25) is 0 Å². The van der Waals surface area contributed by atoms with Gasteiger partial charge >= 0.3 is 0 Å². The Morgan fingerprint density at radius 1 is 1.64 bits per heavy atom. The summed E-state index contributed by atoms with van der Waals surface area (Å²) in [5.41, 5.74) is 1.38. The number of halogens is 1. The summed E-state index contributed by atoms with van der Waals surface area (Å²) in [7, 11) is 2.08. The smallest absolute Gasteiger partial charge is 0.0351 e. The van der Waals surface area contributed by atoms with Crippen LogP contribution in [0.1, 0.15) is 5.56 Å². The van der Waals surface area contributed by atoms with Crippen LogP contribution in [0.4, 0.5) is 0 Å². The Bertz CT molecular complexity index is 186. The molecular weight excluding hydrogens is 178 g/mol. The van der Waals surface area contributed by atoms with Crippen LogP contribution < -0.4 is 0 Å². The first-order valence-electron chi connectivity index (χ1n) is 3.58. The molecule has 62 valence electrons. The molecule has 0 saturated heterocycles. The van der Waals surface area contributed by atoms with Crippen molar-refractivity contribution in [2.75, 3.05) is 19.5 Å². The number of rotatable bonds is 4. The molecule has 1 nitrogen and oxygen atoms in total. The molecule has 0 aromatic carbocycles. The Balaban J connectivity index is 2.31. The average Bonchev–Trinajstić information content (AvgIpc) is 2.40. The second kappa shape index (κ2) is 4.75. The monoisotopic (exact) mass is 189 g/mol. The van der Waals surface area contributed by atoms with Gasteiger partial charge in [0.15, 0.2) is 0 Å². The lowest BCUT2D eigenvalue weighted by Crippen LogP contribution is -2.19. The highest BCUT2D eigenvalue weighted by atomic mass is 35.5. The molecule has 0 N–H and O–H groups in total. The van der Waals surface area contributed by atoms with Crippen molar-refractivity contribution in [2.24, 2.45) is 0 Å². The number of thiophene rings is 1. The molecule has 0 radical (unpaired) electrons. The van der Waals surface area contributed by atoms with Gasteiger partial charge in [0.05, 0.1) is 0 Å². The van der Waals surface area contributed by atoms with Crippen molar-refractivity contribution >= 4 is 22.9 Å². The van der Waals surface area contributed by atoms with Crippen LogP contribution in [0.5, 0.6) is 0 Å². The van der Waals surface area contributed by atoms with E-state index in [-0.39, 0.29) is 0 Å². The van der Waals surface area contributed by atoms with Crippen molar-refractivity contribution in [3.63, 3.8) is 0 Å². The fraction of sp³-hybridized carbons (Fsp3) is 0.500. The molecule has 0 saturated carbocycles. The molecule has 1 aromatic heterocycles. The first kappa shape index (κ1) is 9.04. The van der Waals surface area contributed by atoms with Crippen molar-refractivity contribution in [2.45, 2.75) is 6.54 Å². The molecular formula is C8H12ClNS. The van der Waals surface area contributed by atoms with E-state index in [9.17, 15) is 0 Å². The van der Waals surface area contributed by atoms with Crippen LogP contribution in [-0.4, -0.2) is 24.4 Å². The Labute approximate surface area is 76.6 Å². The van der Waals surface area contributed by atoms with Crippen molar-refractivity contribution in [1.29, 1.82) is 0 Å². The van der Waals surface area contributed by atoms with Gasteiger partial charge < -0.3 is 4.90 Å². The van der Waals surface area contributed by atoms with Gasteiger partial charge in [-0.1, -0.05) is 0 Å². The van der Waals surface area contributed by atoms with Gasteiger partial charge in [0.1, 0.15) is 0 Å². The third kappa shape index (κ3) is 3.23. The van der Waals surface area contributed by atoms with Gasteiger partial charge in [0, 0.05) is 19.0 Å². The summed E-state index contributed by atoms with van der Waals surface area (Å²) in [5, 5.41) is 4.27. The lowest BCUT2D eigenvalue weighted by molar-refractivity contribution is 0.348. The molecule has 11 heavy (non-hydrogen) atoms. The molecule has 3 heteroatoms. The van der Waals surface area contributed by atoms with E-state index in [2.05, 4.69) is 28.8 Å². The third-order valence-electron chi connectivity index (χ3n) is 1.50. The predicted octanol–water partition coefficient (Wildman–Crippen LogP) is 2.42. The van der Waals surface area contributed by atoms with Crippen molar-refractivity contribution in [3.8, 4) is 0 Å². The second-order valence-corrected chi connectivity index (χ2v) is 3.72. The van der Waals surface area contributed by atoms with Gasteiger partial charge in [-0.05, 0) is 29.4 Å². The largest absolute Gasteiger partial charge is 0.301 e. The van der Waals surface area contributed by atoms with E-state index >= 15 is 0 Å². The van der Waals surface area contributed by atoms with Gasteiger partial charge in [0.2, 0.25) is 0 Å². The maximum absolute atomic E-state index is 5.60. The minimum atomic E-state index is 0.709. The maximum atomic E-state index is 5.60. The molecule has 0 unspecified atom stereocenters. The fourth-order valence-electron chi connectivity index (χ4n) is 0.918. The first-order valence-corrected chi connectivity index (χ1v) is 5.06. The quantitative estimate of drug-likeness (QED) is 0.658. The number of alkyl halides is 1. The van der Waals surface area contributed by atoms with Crippen LogP contribution in [0.3, 0.4) is 0 Å². The molecule has 1 heterocycles. The van der Waals surface area contributed by atoms with E-state index in [0.29, 0.717) is 5.88 Å². The molecule has 1 aromatic rings. The van der Waals surface area contributed by atoms with Crippen LogP contribution in [0.15, 0.2) is 16.8 Å². The first-order chi connectivity index (χ1) is 5.33. The van der Waals surface area contributed by atoms with Crippen molar-refractivity contribution in [3.05, 3.63) is 22.4 Å². The molecule has 0 aliphatic rings. The zero-order valence-electron chi connectivity index (χ0n) is 6.59. The highest BCUT2D eigenvalue weighted by molar-refractivity contribution is 7.07. The Hall–Kier alpha value is -0.0500. The lowest BCUT2D eigenvalue weighted by Gasteiger charge is -2.12. The van der Waals surface area contributed by atoms with Gasteiger partial charge in [-0.2, -0.15) is 11.3 Å². The molecule has 0 spiro atoms. The summed E-state index contributed by atoms with van der Waals surface area (Å²) < 4.78 is 0. The molecule has 0 fully saturated rings. The number of hydrogen-bond donors (Lipinski definition) is 0. The minimum absolute atomic E-state index is 0.709. The second-order valence-electron chi connectivity index (χ2n) is 2.56. The zero-order valence-corrected chi connectivity index (χ0v) is 8.16. The summed E-state index contributed by atoms with van der Waals surface area (Å²) in [5.74, 6) is 0.709. The summed E-state index contributed by atoms with van der Waals surface area (Å²) in [6, 6.07) is 2.15. The van der Waals surface area contributed by atoms with Gasteiger partial charge in [-0.15, -0.1) is 11.6 Å². The Morgan fingerprint density at radius 2 is 2.45 bits per heavy atom. The Kier molecular flexibility index (Phi) is 3.91. The SMILES string of the molecule is CN(CCCl)Cc1ccsc1. The van der Waals surface area contributed by atoms with Crippen LogP contribution >= 0.6 is 22.9 Å². The predicted molar refractivity (Wildman–Crippen MR) is 51.4 cm³/mol.